The fraction of sp³-hybridized carbons (Fsp3) is 0.333. The number of hydrazine groups is 4. The lowest BCUT2D eigenvalue weighted by Crippen LogP contribution is -2.73. The van der Waals surface area contributed by atoms with Crippen molar-refractivity contribution in [2.24, 2.45) is 0 Å². The molecule has 1 unspecified atom stereocenters. The van der Waals surface area contributed by atoms with Crippen molar-refractivity contribution < 1.29 is 9.59 Å². The van der Waals surface area contributed by atoms with Crippen molar-refractivity contribution in [1.82, 2.24) is 20.5 Å². The molecule has 2 amide bonds. The second-order valence-electron chi connectivity index (χ2n) is 3.39. The molecule has 3 rings (SSSR count). The number of carbonyl (C=O) groups is 2. The molecule has 0 radical (unpaired) electrons. The van der Waals surface area contributed by atoms with Gasteiger partial charge in [0.2, 0.25) is 0 Å². The van der Waals surface area contributed by atoms with Crippen LogP contribution in [0.2, 0.25) is 0 Å². The Morgan fingerprint density at radius 2 is 1.67 bits per heavy atom. The molecule has 0 spiro atoms. The first kappa shape index (κ1) is 9.88. The maximum absolute atomic E-state index is 11.4. The summed E-state index contributed by atoms with van der Waals surface area (Å²) in [4.78, 5) is 22.8. The van der Waals surface area contributed by atoms with Crippen LogP contribution < -0.4 is 0 Å². The molecule has 3 aliphatic heterocycles. The van der Waals surface area contributed by atoms with E-state index in [2.05, 4.69) is 13.2 Å². The second kappa shape index (κ2) is 3.18. The Labute approximate surface area is 87.5 Å². The summed E-state index contributed by atoms with van der Waals surface area (Å²) in [5.41, 5.74) is 0. The molecular formula is C9H12N4O2. The molecule has 0 saturated carbocycles. The second-order valence-corrected chi connectivity index (χ2v) is 3.39. The zero-order valence-electron chi connectivity index (χ0n) is 8.46. The van der Waals surface area contributed by atoms with Gasteiger partial charge in [-0.3, -0.25) is 9.59 Å². The molecule has 0 N–H and O–H groups in total. The number of carbonyl (C=O) groups excluding carboxylic acids is 2. The first-order valence-corrected chi connectivity index (χ1v) is 4.61. The van der Waals surface area contributed by atoms with Crippen LogP contribution in [0.1, 0.15) is 6.92 Å². The SMILES string of the molecule is C=CC(=O)N1N2CC(C)N1N2C(=O)C=C. The van der Waals surface area contributed by atoms with Crippen molar-refractivity contribution in [2.45, 2.75) is 13.0 Å². The van der Waals surface area contributed by atoms with Gasteiger partial charge in [0.05, 0.1) is 12.6 Å². The van der Waals surface area contributed by atoms with Gasteiger partial charge in [-0.05, 0) is 19.1 Å². The average molecular weight is 208 g/mol. The lowest BCUT2D eigenvalue weighted by molar-refractivity contribution is -0.412. The number of hydrogen-bond acceptors (Lipinski definition) is 4. The van der Waals surface area contributed by atoms with Crippen LogP contribution >= 0.6 is 0 Å². The molecule has 0 aromatic rings. The highest BCUT2D eigenvalue weighted by Crippen LogP contribution is 2.34. The van der Waals surface area contributed by atoms with Crippen LogP contribution in [-0.4, -0.2) is 44.9 Å². The fourth-order valence-electron chi connectivity index (χ4n) is 1.77. The quantitative estimate of drug-likeness (QED) is 0.584. The summed E-state index contributed by atoms with van der Waals surface area (Å²) in [7, 11) is 0. The Morgan fingerprint density at radius 1 is 1.20 bits per heavy atom. The van der Waals surface area contributed by atoms with E-state index in [1.807, 2.05) is 6.92 Å². The van der Waals surface area contributed by atoms with E-state index in [0.29, 0.717) is 6.54 Å². The average Bonchev–Trinajstić information content (AvgIpc) is 2.71. The Bertz CT molecular complexity index is 326. The monoisotopic (exact) mass is 208 g/mol. The summed E-state index contributed by atoms with van der Waals surface area (Å²) in [5, 5.41) is 5.94. The number of fused-ring (bicyclic) bond motifs is 1. The zero-order chi connectivity index (χ0) is 11.2. The minimum atomic E-state index is -0.243. The van der Waals surface area contributed by atoms with Gasteiger partial charge < -0.3 is 0 Å². The van der Waals surface area contributed by atoms with Crippen LogP contribution in [0.15, 0.2) is 25.3 Å². The van der Waals surface area contributed by atoms with Gasteiger partial charge in [-0.25, -0.2) is 0 Å². The molecule has 6 nitrogen and oxygen atoms in total. The van der Waals surface area contributed by atoms with Crippen molar-refractivity contribution in [2.75, 3.05) is 6.54 Å². The highest BCUT2D eigenvalue weighted by atomic mass is 16.4. The van der Waals surface area contributed by atoms with Crippen molar-refractivity contribution >= 4 is 11.8 Å². The van der Waals surface area contributed by atoms with E-state index >= 15 is 0 Å². The third-order valence-electron chi connectivity index (χ3n) is 2.39. The van der Waals surface area contributed by atoms with Gasteiger partial charge in [-0.2, -0.15) is 10.2 Å². The first-order chi connectivity index (χ1) is 7.11. The lowest BCUT2D eigenvalue weighted by Gasteiger charge is -2.51. The van der Waals surface area contributed by atoms with Gasteiger partial charge in [0, 0.05) is 0 Å². The molecule has 0 aliphatic carbocycles. The fourth-order valence-corrected chi connectivity index (χ4v) is 1.77. The summed E-state index contributed by atoms with van der Waals surface area (Å²) in [6.45, 7) is 9.35. The maximum Gasteiger partial charge on any atom is 0.278 e. The Kier molecular flexibility index (Phi) is 2.09. The van der Waals surface area contributed by atoms with Crippen LogP contribution in [0, 0.1) is 0 Å². The van der Waals surface area contributed by atoms with E-state index in [-0.39, 0.29) is 17.9 Å². The highest BCUT2D eigenvalue weighted by molar-refractivity contribution is 5.90. The summed E-state index contributed by atoms with van der Waals surface area (Å²) in [6.07, 6.45) is 2.43. The number of rotatable bonds is 2. The van der Waals surface area contributed by atoms with Crippen LogP contribution in [0.25, 0.3) is 0 Å². The Morgan fingerprint density at radius 3 is 1.93 bits per heavy atom. The normalized spacial score (nSPS) is 32.2. The molecule has 2 bridgehead atoms. The predicted octanol–water partition coefficient (Wildman–Crippen LogP) is -0.305. The van der Waals surface area contributed by atoms with Gasteiger partial charge in [0.15, 0.2) is 0 Å². The Balaban J connectivity index is 2.19. The predicted molar refractivity (Wildman–Crippen MR) is 52.1 cm³/mol. The molecular weight excluding hydrogens is 196 g/mol. The third kappa shape index (κ3) is 1.12. The largest absolute Gasteiger partial charge is 0.278 e. The van der Waals surface area contributed by atoms with E-state index in [9.17, 15) is 9.59 Å². The molecule has 15 heavy (non-hydrogen) atoms. The van der Waals surface area contributed by atoms with Crippen LogP contribution in [-0.2, 0) is 9.59 Å². The maximum atomic E-state index is 11.4. The molecule has 1 atom stereocenters. The summed E-state index contributed by atoms with van der Waals surface area (Å²) >= 11 is 0. The van der Waals surface area contributed by atoms with E-state index in [1.165, 1.54) is 22.4 Å². The van der Waals surface area contributed by atoms with Crippen LogP contribution in [0.5, 0.6) is 0 Å². The van der Waals surface area contributed by atoms with E-state index in [1.54, 1.807) is 10.2 Å². The summed E-state index contributed by atoms with van der Waals surface area (Å²) < 4.78 is 0. The highest BCUT2D eigenvalue weighted by Gasteiger charge is 2.57. The number of nitrogens with zero attached hydrogens (tertiary/aromatic N) is 4. The Hall–Kier alpha value is -1.66. The van der Waals surface area contributed by atoms with Gasteiger partial charge in [-0.1, -0.05) is 23.4 Å². The van der Waals surface area contributed by atoms with E-state index in [4.69, 9.17) is 0 Å². The van der Waals surface area contributed by atoms with Gasteiger partial charge in [0.25, 0.3) is 11.8 Å². The van der Waals surface area contributed by atoms with E-state index in [0.717, 1.165) is 0 Å². The van der Waals surface area contributed by atoms with Crippen molar-refractivity contribution in [3.63, 3.8) is 0 Å². The molecule has 3 fully saturated rings. The van der Waals surface area contributed by atoms with Gasteiger partial charge >= 0.3 is 0 Å². The smallest absolute Gasteiger partial charge is 0.267 e. The van der Waals surface area contributed by atoms with Crippen molar-refractivity contribution in [3.05, 3.63) is 25.3 Å². The number of hydrogen-bond donors (Lipinski definition) is 0. The third-order valence-corrected chi connectivity index (χ3v) is 2.39. The zero-order valence-corrected chi connectivity index (χ0v) is 8.46. The number of amides is 2. The van der Waals surface area contributed by atoms with Crippen molar-refractivity contribution in [3.8, 4) is 0 Å². The molecule has 0 aromatic carbocycles. The van der Waals surface area contributed by atoms with Gasteiger partial charge in [0.1, 0.15) is 0 Å². The van der Waals surface area contributed by atoms with Crippen LogP contribution in [0.4, 0.5) is 0 Å². The topological polar surface area (TPSA) is 47.1 Å². The molecule has 80 valence electrons. The summed E-state index contributed by atoms with van der Waals surface area (Å²) in [6, 6.07) is 0.0952. The lowest BCUT2D eigenvalue weighted by atomic mass is 10.4. The molecule has 3 heterocycles. The molecule has 3 saturated heterocycles. The van der Waals surface area contributed by atoms with Gasteiger partial charge in [-0.15, -0.1) is 0 Å². The van der Waals surface area contributed by atoms with Crippen LogP contribution in [0.3, 0.4) is 0 Å². The molecule has 3 aliphatic rings. The molecule has 6 heteroatoms. The van der Waals surface area contributed by atoms with Crippen molar-refractivity contribution in [1.29, 1.82) is 0 Å². The minimum absolute atomic E-state index is 0.0952. The molecule has 0 aromatic heterocycles. The minimum Gasteiger partial charge on any atom is -0.267 e. The first-order valence-electron chi connectivity index (χ1n) is 4.61. The summed E-state index contributed by atoms with van der Waals surface area (Å²) in [5.74, 6) is -0.486. The van der Waals surface area contributed by atoms with E-state index < -0.39 is 0 Å². The standard InChI is InChI=1S/C9H12N4O2/c1-4-8(14)12-10-6-7(3)11(12)13(10)9(15)5-2/h4-5,7H,1-2,6H2,3H3.